The molecule has 1 heterocycles. The molecule has 1 saturated heterocycles. The average molecular weight is 553 g/mol. The van der Waals surface area contributed by atoms with Crippen LogP contribution in [0.25, 0.3) is 0 Å². The molecule has 3 fully saturated rings. The second kappa shape index (κ2) is 13.7. The van der Waals surface area contributed by atoms with Crippen LogP contribution in [0.15, 0.2) is 35.9 Å². The van der Waals surface area contributed by atoms with Crippen molar-refractivity contribution in [1.29, 1.82) is 0 Å². The Kier molecular flexibility index (Phi) is 10.5. The fraction of sp³-hybridized carbons (Fsp3) is 0.688. The van der Waals surface area contributed by atoms with Crippen molar-refractivity contribution in [2.75, 3.05) is 0 Å². The van der Waals surface area contributed by atoms with E-state index in [9.17, 15) is 14.7 Å². The molecule has 2 atom stereocenters. The zero-order chi connectivity index (χ0) is 28.8. The lowest BCUT2D eigenvalue weighted by molar-refractivity contribution is -0.124. The predicted molar refractivity (Wildman–Crippen MR) is 159 cm³/mol. The minimum absolute atomic E-state index is 0.138. The van der Waals surface area contributed by atoms with Gasteiger partial charge in [-0.2, -0.15) is 0 Å². The van der Waals surface area contributed by atoms with Gasteiger partial charge in [-0.15, -0.1) is 0 Å². The number of fused-ring (bicyclic) bond motifs is 1. The van der Waals surface area contributed by atoms with Gasteiger partial charge in [0.15, 0.2) is 0 Å². The molecule has 2 aliphatic carbocycles. The normalized spacial score (nSPS) is 21.9. The number of nitrogens with one attached hydrogen (secondary N) is 2. The number of hydrogen-bond acceptors (Lipinski definition) is 5. The molecule has 4 rings (SSSR count). The molecule has 3 N–H and O–H groups in total. The summed E-state index contributed by atoms with van der Waals surface area (Å²) in [6.07, 6.45) is 14.9. The summed E-state index contributed by atoms with van der Waals surface area (Å²) in [5, 5.41) is 16.3. The summed E-state index contributed by atoms with van der Waals surface area (Å²) in [6, 6.07) is 6.31. The molecule has 40 heavy (non-hydrogen) atoms. The smallest absolute Gasteiger partial charge is 0.398 e. The van der Waals surface area contributed by atoms with Gasteiger partial charge in [-0.1, -0.05) is 83.9 Å². The Balaban J connectivity index is 1.49. The first kappa shape index (κ1) is 30.8. The number of allylic oxidation sites excluding steroid dienone is 1. The van der Waals surface area contributed by atoms with Crippen LogP contribution in [0, 0.1) is 5.92 Å². The van der Waals surface area contributed by atoms with Gasteiger partial charge in [-0.05, 0) is 69.1 Å². The van der Waals surface area contributed by atoms with Gasteiger partial charge < -0.3 is 25.0 Å². The summed E-state index contributed by atoms with van der Waals surface area (Å²) in [4.78, 5) is 26.6. The number of aliphatic hydroxyl groups excluding tert-OH is 1. The highest BCUT2D eigenvalue weighted by Gasteiger charge is 2.62. The van der Waals surface area contributed by atoms with Crippen molar-refractivity contribution in [3.8, 4) is 0 Å². The molecular weight excluding hydrogens is 503 g/mol. The summed E-state index contributed by atoms with van der Waals surface area (Å²) < 4.78 is 13.6. The lowest BCUT2D eigenvalue weighted by Gasteiger charge is -2.48. The number of hydrogen-bond donors (Lipinski definition) is 3. The molecule has 3 aliphatic rings. The maximum Gasteiger partial charge on any atom is 0.511 e. The van der Waals surface area contributed by atoms with Crippen molar-refractivity contribution in [2.45, 2.75) is 135 Å². The Morgan fingerprint density at radius 1 is 0.950 bits per heavy atom. The number of unbranched alkanes of at least 4 members (excludes halogenated alkanes) is 1. The first-order valence-electron chi connectivity index (χ1n) is 15.6. The molecule has 2 amide bonds. The monoisotopic (exact) mass is 552 g/mol. The van der Waals surface area contributed by atoms with Crippen LogP contribution < -0.4 is 10.6 Å². The molecule has 2 spiro atoms. The van der Waals surface area contributed by atoms with Gasteiger partial charge in [0, 0.05) is 11.2 Å². The Morgan fingerprint density at radius 2 is 1.50 bits per heavy atom. The van der Waals surface area contributed by atoms with Crippen molar-refractivity contribution in [1.82, 2.24) is 10.6 Å². The highest BCUT2D eigenvalue weighted by atomic mass is 16.7. The molecule has 1 aliphatic heterocycles. The lowest BCUT2D eigenvalue weighted by Crippen LogP contribution is -2.53. The van der Waals surface area contributed by atoms with Crippen molar-refractivity contribution >= 4 is 18.9 Å². The molecule has 7 nitrogen and oxygen atoms in total. The molecule has 2 saturated carbocycles. The summed E-state index contributed by atoms with van der Waals surface area (Å²) in [6.45, 7) is 7.76. The van der Waals surface area contributed by atoms with Crippen LogP contribution in [0.2, 0.25) is 0 Å². The molecule has 220 valence electrons. The highest BCUT2D eigenvalue weighted by molar-refractivity contribution is 6.55. The molecule has 1 aromatic rings. The quantitative estimate of drug-likeness (QED) is 0.326. The fourth-order valence-electron chi connectivity index (χ4n) is 6.76. The van der Waals surface area contributed by atoms with Crippen LogP contribution in [0.4, 0.5) is 0 Å². The average Bonchev–Trinajstić information content (AvgIpc) is 3.22. The number of carbonyl (C=O) groups is 2. The van der Waals surface area contributed by atoms with Gasteiger partial charge in [0.05, 0.1) is 17.3 Å². The second-order valence-corrected chi connectivity index (χ2v) is 12.5. The van der Waals surface area contributed by atoms with Crippen molar-refractivity contribution < 1.29 is 24.0 Å². The van der Waals surface area contributed by atoms with Crippen LogP contribution in [0.3, 0.4) is 0 Å². The van der Waals surface area contributed by atoms with E-state index in [4.69, 9.17) is 9.31 Å². The number of aliphatic hydroxyl groups is 1. The van der Waals surface area contributed by atoms with E-state index < -0.39 is 31.1 Å². The zero-order valence-corrected chi connectivity index (χ0v) is 25.0. The van der Waals surface area contributed by atoms with E-state index in [-0.39, 0.29) is 17.1 Å². The fourth-order valence-corrected chi connectivity index (χ4v) is 6.76. The number of amides is 2. The largest absolute Gasteiger partial charge is 0.511 e. The summed E-state index contributed by atoms with van der Waals surface area (Å²) in [5.41, 5.74) is 1.55. The van der Waals surface area contributed by atoms with Gasteiger partial charge >= 0.3 is 7.12 Å². The first-order valence-corrected chi connectivity index (χ1v) is 15.6. The lowest BCUT2D eigenvalue weighted by atomic mass is 9.66. The Hall–Kier alpha value is -2.16. The Morgan fingerprint density at radius 3 is 1.98 bits per heavy atom. The number of carbonyl (C=O) groups excluding carboxylic acids is 2. The molecule has 0 bridgehead atoms. The number of benzene rings is 1. The SMILES string of the molecule is CCCCc1ccc(C(=O)N[C@H](C(=O)N/C(=C/C(C)C)B2OC3(CCCCC3)C3(CCCCC3)O2)[C@@H](C)O)cc1. The standard InChI is InChI=1S/C32H49BN2O5/c1-5-6-13-25-14-16-26(17-15-25)29(37)35-28(24(4)36)30(38)34-27(22-23(2)3)33-39-31(18-9-7-10-19-31)32(40-33)20-11-8-12-21-32/h14-17,22-24,28,36H,5-13,18-21H2,1-4H3,(H,34,38)(H,35,37)/b27-22+/t24-,28+/m1/s1. The first-order chi connectivity index (χ1) is 19.2. The topological polar surface area (TPSA) is 96.9 Å². The summed E-state index contributed by atoms with van der Waals surface area (Å²) in [5.74, 6) is -0.740. The van der Waals surface area contributed by atoms with Gasteiger partial charge in [0.1, 0.15) is 6.04 Å². The van der Waals surface area contributed by atoms with E-state index in [2.05, 4.69) is 17.6 Å². The Bertz CT molecular complexity index is 1000. The van der Waals surface area contributed by atoms with E-state index >= 15 is 0 Å². The molecule has 8 heteroatoms. The molecule has 0 radical (unpaired) electrons. The van der Waals surface area contributed by atoms with Crippen LogP contribution in [-0.4, -0.2) is 47.4 Å². The van der Waals surface area contributed by atoms with E-state index in [1.165, 1.54) is 25.3 Å². The molecular formula is C32H49BN2O5. The van der Waals surface area contributed by atoms with Crippen LogP contribution >= 0.6 is 0 Å². The van der Waals surface area contributed by atoms with E-state index in [1.807, 2.05) is 32.1 Å². The summed E-state index contributed by atoms with van der Waals surface area (Å²) >= 11 is 0. The third kappa shape index (κ3) is 7.00. The maximum absolute atomic E-state index is 13.6. The van der Waals surface area contributed by atoms with Crippen LogP contribution in [-0.2, 0) is 20.5 Å². The van der Waals surface area contributed by atoms with Crippen LogP contribution in [0.1, 0.15) is 121 Å². The third-order valence-corrected chi connectivity index (χ3v) is 8.94. The minimum Gasteiger partial charge on any atom is -0.398 e. The van der Waals surface area contributed by atoms with Gasteiger partial charge in [0.25, 0.3) is 5.91 Å². The van der Waals surface area contributed by atoms with E-state index in [0.717, 1.165) is 70.6 Å². The predicted octanol–water partition coefficient (Wildman–Crippen LogP) is 5.64. The third-order valence-electron chi connectivity index (χ3n) is 8.94. The molecule has 0 unspecified atom stereocenters. The van der Waals surface area contributed by atoms with Gasteiger partial charge in [0.2, 0.25) is 5.91 Å². The maximum atomic E-state index is 13.6. The van der Waals surface area contributed by atoms with Crippen molar-refractivity contribution in [3.63, 3.8) is 0 Å². The minimum atomic E-state index is -1.13. The summed E-state index contributed by atoms with van der Waals surface area (Å²) in [7, 11) is -0.677. The van der Waals surface area contributed by atoms with Crippen molar-refractivity contribution in [2.24, 2.45) is 5.92 Å². The van der Waals surface area contributed by atoms with Crippen LogP contribution in [0.5, 0.6) is 0 Å². The van der Waals surface area contributed by atoms with Gasteiger partial charge in [-0.25, -0.2) is 0 Å². The zero-order valence-electron chi connectivity index (χ0n) is 25.0. The van der Waals surface area contributed by atoms with Crippen molar-refractivity contribution in [3.05, 3.63) is 47.1 Å². The highest BCUT2D eigenvalue weighted by Crippen LogP contribution is 2.54. The molecule has 0 aromatic heterocycles. The molecule has 1 aromatic carbocycles. The number of aryl methyl sites for hydroxylation is 1. The second-order valence-electron chi connectivity index (χ2n) is 12.5. The van der Waals surface area contributed by atoms with E-state index in [0.29, 0.717) is 11.2 Å². The Labute approximate surface area is 241 Å². The van der Waals surface area contributed by atoms with E-state index in [1.54, 1.807) is 12.1 Å². The number of rotatable bonds is 10. The van der Waals surface area contributed by atoms with Gasteiger partial charge in [-0.3, -0.25) is 9.59 Å².